The summed E-state index contributed by atoms with van der Waals surface area (Å²) in [4.78, 5) is 28.3. The first-order valence-corrected chi connectivity index (χ1v) is 12.6. The molecule has 1 N–H and O–H groups in total. The van der Waals surface area contributed by atoms with E-state index in [-0.39, 0.29) is 17.4 Å². The lowest BCUT2D eigenvalue weighted by Gasteiger charge is -2.31. The third kappa shape index (κ3) is 4.53. The topological polar surface area (TPSA) is 66.8 Å². The number of carbonyl (C=O) groups excluding carboxylic acids is 2. The molecule has 2 aliphatic rings. The fraction of sp³-hybridized carbons (Fsp3) is 0.290. The van der Waals surface area contributed by atoms with E-state index >= 15 is 0 Å². The summed E-state index contributed by atoms with van der Waals surface area (Å²) in [5.41, 5.74) is 4.46. The molecule has 184 valence electrons. The Morgan fingerprint density at radius 2 is 1.69 bits per heavy atom. The predicted octanol–water partition coefficient (Wildman–Crippen LogP) is 6.25. The molecule has 3 aromatic carbocycles. The van der Waals surface area contributed by atoms with Crippen molar-refractivity contribution in [3.05, 3.63) is 106 Å². The van der Waals surface area contributed by atoms with E-state index < -0.39 is 17.7 Å². The summed E-state index contributed by atoms with van der Waals surface area (Å²) in [6.45, 7) is 4.34. The van der Waals surface area contributed by atoms with E-state index in [0.29, 0.717) is 17.9 Å². The van der Waals surface area contributed by atoms with Crippen molar-refractivity contribution >= 4 is 17.4 Å². The molecule has 1 aliphatic carbocycles. The van der Waals surface area contributed by atoms with Crippen molar-refractivity contribution in [2.75, 3.05) is 0 Å². The number of hydrogen-bond donors (Lipinski definition) is 1. The van der Waals surface area contributed by atoms with Gasteiger partial charge >= 0.3 is 0 Å². The van der Waals surface area contributed by atoms with Gasteiger partial charge in [-0.1, -0.05) is 73.0 Å². The summed E-state index contributed by atoms with van der Waals surface area (Å²) >= 11 is 0. The molecule has 5 rings (SSSR count). The van der Waals surface area contributed by atoms with E-state index in [1.807, 2.05) is 80.6 Å². The number of likely N-dealkylation sites (tertiary alicyclic amines) is 1. The Morgan fingerprint density at radius 3 is 2.39 bits per heavy atom. The van der Waals surface area contributed by atoms with Crippen LogP contribution in [0.2, 0.25) is 0 Å². The van der Waals surface area contributed by atoms with Gasteiger partial charge < -0.3 is 14.7 Å². The molecule has 0 spiro atoms. The minimum absolute atomic E-state index is 0.00719. The van der Waals surface area contributed by atoms with Crippen molar-refractivity contribution < 1.29 is 19.4 Å². The molecule has 2 fully saturated rings. The molecule has 1 amide bonds. The fourth-order valence-corrected chi connectivity index (χ4v) is 5.43. The summed E-state index contributed by atoms with van der Waals surface area (Å²) in [6.07, 6.45) is 3.83. The number of aliphatic hydroxyl groups excluding tert-OH is 1. The summed E-state index contributed by atoms with van der Waals surface area (Å²) in [5.74, 6) is -0.572. The minimum atomic E-state index is -0.618. The fourth-order valence-electron chi connectivity index (χ4n) is 5.43. The summed E-state index contributed by atoms with van der Waals surface area (Å²) < 4.78 is 5.98. The van der Waals surface area contributed by atoms with Gasteiger partial charge in [-0.05, 0) is 61.6 Å². The van der Waals surface area contributed by atoms with Gasteiger partial charge in [0, 0.05) is 11.6 Å². The van der Waals surface area contributed by atoms with Crippen LogP contribution in [0.15, 0.2) is 78.4 Å². The van der Waals surface area contributed by atoms with Gasteiger partial charge in [0.1, 0.15) is 18.1 Å². The van der Waals surface area contributed by atoms with Crippen molar-refractivity contribution in [3.63, 3.8) is 0 Å². The first-order valence-electron chi connectivity index (χ1n) is 12.6. The normalized spacial score (nSPS) is 19.7. The Hall–Kier alpha value is -3.86. The number of Topliss-reactive ketones (excluding diaryl/α,β-unsaturated/α-hetero) is 1. The van der Waals surface area contributed by atoms with Crippen LogP contribution in [0.1, 0.15) is 59.5 Å². The lowest BCUT2D eigenvalue weighted by molar-refractivity contribution is -0.141. The second kappa shape index (κ2) is 10.0. The maximum absolute atomic E-state index is 13.3. The molecule has 5 heteroatoms. The van der Waals surface area contributed by atoms with Gasteiger partial charge in [0.15, 0.2) is 0 Å². The third-order valence-corrected chi connectivity index (χ3v) is 7.24. The molecule has 36 heavy (non-hydrogen) atoms. The number of benzene rings is 3. The molecule has 1 atom stereocenters. The maximum Gasteiger partial charge on any atom is 0.295 e. The van der Waals surface area contributed by atoms with E-state index in [2.05, 4.69) is 0 Å². The number of aryl methyl sites for hydroxylation is 2. The third-order valence-electron chi connectivity index (χ3n) is 7.24. The molecule has 3 aromatic rings. The monoisotopic (exact) mass is 481 g/mol. The highest BCUT2D eigenvalue weighted by Gasteiger charge is 2.49. The van der Waals surface area contributed by atoms with Crippen LogP contribution in [0.3, 0.4) is 0 Å². The van der Waals surface area contributed by atoms with Crippen molar-refractivity contribution in [2.45, 2.75) is 58.2 Å². The number of hydrogen-bond acceptors (Lipinski definition) is 4. The summed E-state index contributed by atoms with van der Waals surface area (Å²) in [5, 5.41) is 11.4. The lowest BCUT2D eigenvalue weighted by Crippen LogP contribution is -2.37. The van der Waals surface area contributed by atoms with E-state index in [0.717, 1.165) is 47.9 Å². The number of ether oxygens (including phenoxy) is 1. The molecule has 0 aromatic heterocycles. The molecule has 5 nitrogen and oxygen atoms in total. The Bertz CT molecular complexity index is 1320. The van der Waals surface area contributed by atoms with Gasteiger partial charge in [-0.15, -0.1) is 0 Å². The quantitative estimate of drug-likeness (QED) is 0.257. The first-order chi connectivity index (χ1) is 17.4. The van der Waals surface area contributed by atoms with Gasteiger partial charge in [0.05, 0.1) is 11.6 Å². The Balaban J connectivity index is 1.52. The SMILES string of the molecule is Cc1cccc(C2/C(=C(/O)c3ccc(OCc4ccccc4)c(C)c3)C(=O)C(=O)N2C2CCCC2)c1. The van der Waals surface area contributed by atoms with Crippen LogP contribution >= 0.6 is 0 Å². The van der Waals surface area contributed by atoms with Gasteiger partial charge in [-0.25, -0.2) is 0 Å². The van der Waals surface area contributed by atoms with Gasteiger partial charge in [-0.2, -0.15) is 0 Å². The van der Waals surface area contributed by atoms with Gasteiger partial charge in [0.2, 0.25) is 0 Å². The van der Waals surface area contributed by atoms with Crippen LogP contribution in [0, 0.1) is 13.8 Å². The second-order valence-corrected chi connectivity index (χ2v) is 9.81. The number of nitrogens with zero attached hydrogens (tertiary/aromatic N) is 1. The molecule has 0 bridgehead atoms. The average molecular weight is 482 g/mol. The highest BCUT2D eigenvalue weighted by atomic mass is 16.5. The lowest BCUT2D eigenvalue weighted by atomic mass is 9.93. The van der Waals surface area contributed by atoms with E-state index in [9.17, 15) is 14.7 Å². The predicted molar refractivity (Wildman–Crippen MR) is 140 cm³/mol. The van der Waals surface area contributed by atoms with E-state index in [1.54, 1.807) is 11.0 Å². The number of ketones is 1. The Kier molecular flexibility index (Phi) is 6.64. The maximum atomic E-state index is 13.3. The molecule has 1 saturated heterocycles. The van der Waals surface area contributed by atoms with Gasteiger partial charge in [-0.3, -0.25) is 9.59 Å². The van der Waals surface area contributed by atoms with Crippen LogP contribution in [0.4, 0.5) is 0 Å². The van der Waals surface area contributed by atoms with Crippen molar-refractivity contribution in [3.8, 4) is 5.75 Å². The number of carbonyl (C=O) groups is 2. The van der Waals surface area contributed by atoms with E-state index in [4.69, 9.17) is 4.74 Å². The average Bonchev–Trinajstić information content (AvgIpc) is 3.50. The van der Waals surface area contributed by atoms with Crippen LogP contribution in [-0.4, -0.2) is 27.7 Å². The van der Waals surface area contributed by atoms with Crippen LogP contribution in [0.5, 0.6) is 5.75 Å². The Morgan fingerprint density at radius 1 is 0.944 bits per heavy atom. The zero-order valence-corrected chi connectivity index (χ0v) is 20.7. The molecule has 1 aliphatic heterocycles. The second-order valence-electron chi connectivity index (χ2n) is 9.81. The Labute approximate surface area is 212 Å². The highest BCUT2D eigenvalue weighted by Crippen LogP contribution is 2.43. The zero-order chi connectivity index (χ0) is 25.2. The number of rotatable bonds is 6. The molecular weight excluding hydrogens is 450 g/mol. The molecular formula is C31H31NO4. The minimum Gasteiger partial charge on any atom is -0.507 e. The highest BCUT2D eigenvalue weighted by molar-refractivity contribution is 6.46. The summed E-state index contributed by atoms with van der Waals surface area (Å²) in [6, 6.07) is 22.5. The van der Waals surface area contributed by atoms with Crippen molar-refractivity contribution in [2.24, 2.45) is 0 Å². The van der Waals surface area contributed by atoms with Crippen LogP contribution in [0.25, 0.3) is 5.76 Å². The number of aliphatic hydroxyl groups is 1. The first kappa shape index (κ1) is 23.9. The molecule has 1 unspecified atom stereocenters. The largest absolute Gasteiger partial charge is 0.507 e. The van der Waals surface area contributed by atoms with Gasteiger partial charge in [0.25, 0.3) is 11.7 Å². The molecule has 1 heterocycles. The standard InChI is InChI=1S/C31H31NO4/c1-20-9-8-12-23(17-20)28-27(30(34)31(35)32(28)25-13-6-7-14-25)29(33)24-15-16-26(21(2)18-24)36-19-22-10-4-3-5-11-22/h3-5,8-12,15-18,25,28,33H,6-7,13-14,19H2,1-2H3/b29-27-. The van der Waals surface area contributed by atoms with E-state index in [1.165, 1.54) is 0 Å². The van der Waals surface area contributed by atoms with Crippen LogP contribution in [-0.2, 0) is 16.2 Å². The van der Waals surface area contributed by atoms with Crippen LogP contribution < -0.4 is 4.74 Å². The summed E-state index contributed by atoms with van der Waals surface area (Å²) in [7, 11) is 0. The van der Waals surface area contributed by atoms with Crippen molar-refractivity contribution in [1.82, 2.24) is 4.90 Å². The molecule has 0 radical (unpaired) electrons. The van der Waals surface area contributed by atoms with Crippen molar-refractivity contribution in [1.29, 1.82) is 0 Å². The zero-order valence-electron chi connectivity index (χ0n) is 20.7. The molecule has 1 saturated carbocycles. The number of amides is 1. The smallest absolute Gasteiger partial charge is 0.295 e.